The van der Waals surface area contributed by atoms with Crippen molar-refractivity contribution in [1.82, 2.24) is 15.5 Å². The molecule has 4 rings (SSSR count). The average molecular weight is 648 g/mol. The molecule has 0 aromatic heterocycles. The van der Waals surface area contributed by atoms with E-state index in [0.717, 1.165) is 35.1 Å². The highest BCUT2D eigenvalue weighted by molar-refractivity contribution is 5.90. The van der Waals surface area contributed by atoms with Crippen LogP contribution in [0.1, 0.15) is 69.4 Å². The number of nitrogens with zero attached hydrogens (tertiary/aromatic N) is 2. The summed E-state index contributed by atoms with van der Waals surface area (Å²) in [6, 6.07) is 14.7. The van der Waals surface area contributed by atoms with E-state index >= 15 is 0 Å². The Balaban J connectivity index is 1.35. The number of nitrogens with one attached hydrogen (secondary N) is 2. The first-order chi connectivity index (χ1) is 22.7. The lowest BCUT2D eigenvalue weighted by Gasteiger charge is -2.41. The third kappa shape index (κ3) is 9.65. The fraction of sp³-hybridized carbons (Fsp3) is 0.457. The molecule has 1 heterocycles. The Morgan fingerprint density at radius 2 is 1.72 bits per heavy atom. The molecule has 3 atom stereocenters. The summed E-state index contributed by atoms with van der Waals surface area (Å²) in [4.78, 5) is 55.0. The predicted molar refractivity (Wildman–Crippen MR) is 178 cm³/mol. The summed E-state index contributed by atoms with van der Waals surface area (Å²) in [5, 5.41) is 5.61. The maximum absolute atomic E-state index is 13.3. The number of carbonyl (C=O) groups is 4. The molecular weight excluding hydrogens is 602 g/mol. The van der Waals surface area contributed by atoms with Gasteiger partial charge in [-0.15, -0.1) is 4.99 Å². The van der Waals surface area contributed by atoms with E-state index in [-0.39, 0.29) is 30.9 Å². The Bertz CT molecular complexity index is 1420. The molecule has 12 heteroatoms. The number of piperidine rings is 1. The second-order valence-electron chi connectivity index (χ2n) is 11.8. The van der Waals surface area contributed by atoms with Crippen molar-refractivity contribution in [3.8, 4) is 11.1 Å². The highest BCUT2D eigenvalue weighted by Gasteiger charge is 2.36. The molecular formula is C35H45N5O7. The molecule has 2 aliphatic rings. The maximum atomic E-state index is 13.3. The van der Waals surface area contributed by atoms with Crippen molar-refractivity contribution < 1.29 is 33.4 Å². The van der Waals surface area contributed by atoms with Crippen LogP contribution in [0.2, 0.25) is 0 Å². The molecule has 2 unspecified atom stereocenters. The number of unbranched alkanes of at least 4 members (excludes halogenated alkanes) is 2. The van der Waals surface area contributed by atoms with Gasteiger partial charge in [0.15, 0.2) is 6.23 Å². The van der Waals surface area contributed by atoms with Crippen LogP contribution < -0.4 is 16.4 Å². The molecule has 3 amide bonds. The number of carbonyl (C=O) groups excluding carboxylic acids is 4. The molecule has 0 radical (unpaired) electrons. The lowest BCUT2D eigenvalue weighted by Crippen LogP contribution is -2.61. The molecule has 12 nitrogen and oxygen atoms in total. The van der Waals surface area contributed by atoms with Gasteiger partial charge in [0, 0.05) is 25.5 Å². The molecule has 47 heavy (non-hydrogen) atoms. The number of amides is 3. The van der Waals surface area contributed by atoms with Gasteiger partial charge < -0.3 is 40.3 Å². The lowest BCUT2D eigenvalue weighted by molar-refractivity contribution is -0.128. The quantitative estimate of drug-likeness (QED) is 0.115. The largest absolute Gasteiger partial charge is 0.449 e. The Hall–Kier alpha value is -4.71. The molecule has 2 aromatic carbocycles. The van der Waals surface area contributed by atoms with Gasteiger partial charge >= 0.3 is 12.2 Å². The third-order valence-electron chi connectivity index (χ3n) is 8.25. The van der Waals surface area contributed by atoms with Gasteiger partial charge in [0.25, 0.3) is 0 Å². The summed E-state index contributed by atoms with van der Waals surface area (Å²) >= 11 is 0. The molecule has 0 saturated carbocycles. The van der Waals surface area contributed by atoms with Gasteiger partial charge in [-0.25, -0.2) is 9.59 Å². The van der Waals surface area contributed by atoms with E-state index in [1.165, 1.54) is 6.08 Å². The van der Waals surface area contributed by atoms with Crippen LogP contribution in [0.3, 0.4) is 0 Å². The standard InChI is InChI=1S/C35H45N5O7/c1-4-20-46-35(44)39-33(36)40-19-12-18-30(32(40)45-21-11-5-6-13-23(2)41)38-31(42)24(3)37-34(43)47-22-29-27-16-9-7-14-25(27)26-15-8-10-17-28(26)29/h4,7-10,14-17,24,29-30,32H,1,5-6,11-13,18-22H2,2-3H3,(H,37,43)(H,38,42)(H2,36,39,44)/t24-,30?,32?/m0/s1. The Labute approximate surface area is 275 Å². The minimum Gasteiger partial charge on any atom is -0.449 e. The number of alkyl carbamates (subject to hydrolysis) is 1. The van der Waals surface area contributed by atoms with Gasteiger partial charge in [-0.2, -0.15) is 0 Å². The van der Waals surface area contributed by atoms with Crippen LogP contribution in [0, 0.1) is 0 Å². The summed E-state index contributed by atoms with van der Waals surface area (Å²) in [5.41, 5.74) is 10.6. The van der Waals surface area contributed by atoms with Crippen molar-refractivity contribution in [2.45, 2.75) is 76.6 Å². The van der Waals surface area contributed by atoms with E-state index in [1.54, 1.807) is 18.7 Å². The van der Waals surface area contributed by atoms with Crippen LogP contribution in [-0.4, -0.2) is 79.4 Å². The van der Waals surface area contributed by atoms with Crippen molar-refractivity contribution >= 4 is 29.8 Å². The number of hydrogen-bond acceptors (Lipinski definition) is 7. The van der Waals surface area contributed by atoms with E-state index in [0.29, 0.717) is 38.8 Å². The number of likely N-dealkylation sites (tertiary alicyclic amines) is 1. The smallest absolute Gasteiger partial charge is 0.437 e. The van der Waals surface area contributed by atoms with Crippen LogP contribution in [0.5, 0.6) is 0 Å². The minimum atomic E-state index is -0.909. The van der Waals surface area contributed by atoms with Gasteiger partial charge in [-0.3, -0.25) is 4.79 Å². The number of fused-ring (bicyclic) bond motifs is 3. The predicted octanol–water partition coefficient (Wildman–Crippen LogP) is 4.62. The number of nitrogens with two attached hydrogens (primary N) is 1. The first-order valence-electron chi connectivity index (χ1n) is 16.1. The fourth-order valence-corrected chi connectivity index (χ4v) is 5.93. The number of hydrogen-bond donors (Lipinski definition) is 3. The second kappa shape index (κ2) is 17.3. The van der Waals surface area contributed by atoms with Gasteiger partial charge in [-0.05, 0) is 61.8 Å². The number of rotatable bonds is 14. The zero-order valence-corrected chi connectivity index (χ0v) is 27.1. The highest BCUT2D eigenvalue weighted by atomic mass is 16.6. The van der Waals surface area contributed by atoms with Gasteiger partial charge in [-0.1, -0.05) is 67.6 Å². The van der Waals surface area contributed by atoms with Crippen molar-refractivity contribution in [2.75, 3.05) is 26.4 Å². The first-order valence-corrected chi connectivity index (χ1v) is 16.1. The van der Waals surface area contributed by atoms with Crippen LogP contribution in [-0.2, 0) is 23.8 Å². The highest BCUT2D eigenvalue weighted by Crippen LogP contribution is 2.44. The number of Topliss-reactive ketones (excluding diaryl/α,β-unsaturated/α-hetero) is 1. The van der Waals surface area contributed by atoms with E-state index in [4.69, 9.17) is 19.9 Å². The normalized spacial score (nSPS) is 18.0. The van der Waals surface area contributed by atoms with E-state index < -0.39 is 36.4 Å². The second-order valence-corrected chi connectivity index (χ2v) is 11.8. The first kappa shape index (κ1) is 35.1. The van der Waals surface area contributed by atoms with E-state index in [2.05, 4.69) is 34.3 Å². The number of ketones is 1. The fourth-order valence-electron chi connectivity index (χ4n) is 5.93. The summed E-state index contributed by atoms with van der Waals surface area (Å²) in [7, 11) is 0. The lowest BCUT2D eigenvalue weighted by atomic mass is 9.98. The zero-order chi connectivity index (χ0) is 33.8. The topological polar surface area (TPSA) is 162 Å². The van der Waals surface area contributed by atoms with Gasteiger partial charge in [0.2, 0.25) is 11.9 Å². The number of ether oxygens (including phenoxy) is 3. The molecule has 1 aliphatic heterocycles. The summed E-state index contributed by atoms with van der Waals surface area (Å²) in [5.74, 6) is -0.488. The Morgan fingerprint density at radius 3 is 2.38 bits per heavy atom. The maximum Gasteiger partial charge on any atom is 0.437 e. The van der Waals surface area contributed by atoms with Crippen molar-refractivity contribution in [2.24, 2.45) is 10.7 Å². The SMILES string of the molecule is C=CCOC(=O)/N=C(\N)N1CCCC(NC(=O)[C@H](C)NC(=O)OCC2c3ccccc3-c3ccccc32)C1OCCCCCC(C)=O. The molecule has 0 spiro atoms. The summed E-state index contributed by atoms with van der Waals surface area (Å²) in [6.45, 7) is 7.55. The minimum absolute atomic E-state index is 0.0109. The number of aliphatic imine (C=N–C) groups is 1. The molecule has 0 bridgehead atoms. The third-order valence-corrected chi connectivity index (χ3v) is 8.25. The van der Waals surface area contributed by atoms with E-state index in [9.17, 15) is 19.2 Å². The van der Waals surface area contributed by atoms with Crippen molar-refractivity contribution in [3.05, 3.63) is 72.3 Å². The summed E-state index contributed by atoms with van der Waals surface area (Å²) in [6.07, 6.45) is 3.09. The van der Waals surface area contributed by atoms with Crippen LogP contribution >= 0.6 is 0 Å². The molecule has 1 saturated heterocycles. The monoisotopic (exact) mass is 647 g/mol. The van der Waals surface area contributed by atoms with Crippen molar-refractivity contribution in [1.29, 1.82) is 0 Å². The van der Waals surface area contributed by atoms with Gasteiger partial charge in [0.1, 0.15) is 25.0 Å². The number of benzene rings is 2. The number of guanidine groups is 1. The van der Waals surface area contributed by atoms with Crippen molar-refractivity contribution in [3.63, 3.8) is 0 Å². The van der Waals surface area contributed by atoms with E-state index in [1.807, 2.05) is 36.4 Å². The molecule has 4 N–H and O–H groups in total. The average Bonchev–Trinajstić information content (AvgIpc) is 3.38. The molecule has 252 valence electrons. The molecule has 1 fully saturated rings. The molecule has 1 aliphatic carbocycles. The molecule has 2 aromatic rings. The van der Waals surface area contributed by atoms with Gasteiger partial charge in [0.05, 0.1) is 6.04 Å². The van der Waals surface area contributed by atoms with Crippen LogP contribution in [0.15, 0.2) is 66.2 Å². The Morgan fingerprint density at radius 1 is 1.04 bits per heavy atom. The van der Waals surface area contributed by atoms with Crippen LogP contribution in [0.25, 0.3) is 11.1 Å². The Kier molecular flexibility index (Phi) is 12.9. The summed E-state index contributed by atoms with van der Waals surface area (Å²) < 4.78 is 16.8. The zero-order valence-electron chi connectivity index (χ0n) is 27.1. The van der Waals surface area contributed by atoms with Crippen LogP contribution in [0.4, 0.5) is 9.59 Å².